The van der Waals surface area contributed by atoms with Crippen LogP contribution in [0.25, 0.3) is 0 Å². The third-order valence-corrected chi connectivity index (χ3v) is 0.807. The highest BCUT2D eigenvalue weighted by atomic mass is 16.3. The molecule has 0 radical (unpaired) electrons. The van der Waals surface area contributed by atoms with Crippen molar-refractivity contribution in [2.24, 2.45) is 0 Å². The molecule has 0 bridgehead atoms. The van der Waals surface area contributed by atoms with E-state index in [1.165, 1.54) is 19.3 Å². The van der Waals surface area contributed by atoms with Crippen molar-refractivity contribution in [3.8, 4) is 0 Å². The smallest absolute Gasteiger partial charge is 0.0662 e. The predicted octanol–water partition coefficient (Wildman–Crippen LogP) is 1.17. The minimum atomic E-state index is -0.125. The Morgan fingerprint density at radius 3 is 1.00 bits per heavy atom. The Balaban J connectivity index is -0.000000105. The number of hydrogen-bond acceptors (Lipinski definition) is 3. The molecule has 78 valence electrons. The maximum absolute atomic E-state index is 7.62. The highest BCUT2D eigenvalue weighted by Gasteiger charge is 1.68. The lowest BCUT2D eigenvalue weighted by Crippen LogP contribution is -1.85. The normalized spacial score (nSPS) is 7.50. The van der Waals surface area contributed by atoms with E-state index in [1.807, 2.05) is 0 Å². The van der Waals surface area contributed by atoms with Crippen molar-refractivity contribution in [3.63, 3.8) is 0 Å². The second kappa shape index (κ2) is 30.7. The standard InChI is InChI=1S/C5H12.C2H6O2.C2H6O/c1-3-5-4-2;3-1-2-4;1-2-3/h3-5H2,1-2H3;3-4H,1-2H2;3H,2H2,1H3. The Kier molecular flexibility index (Phi) is 45.7. The number of aliphatic hydroxyl groups is 3. The van der Waals surface area contributed by atoms with Gasteiger partial charge in [0, 0.05) is 6.61 Å². The lowest BCUT2D eigenvalue weighted by Gasteiger charge is -1.79. The van der Waals surface area contributed by atoms with E-state index in [2.05, 4.69) is 13.8 Å². The molecule has 12 heavy (non-hydrogen) atoms. The summed E-state index contributed by atoms with van der Waals surface area (Å²) in [6.45, 7) is 6.10. The van der Waals surface area contributed by atoms with E-state index in [4.69, 9.17) is 15.3 Å². The molecule has 0 aromatic carbocycles. The van der Waals surface area contributed by atoms with E-state index in [0.717, 1.165) is 0 Å². The summed E-state index contributed by atoms with van der Waals surface area (Å²) in [5.74, 6) is 0. The summed E-state index contributed by atoms with van der Waals surface area (Å²) in [6, 6.07) is 0. The second-order valence-electron chi connectivity index (χ2n) is 2.12. The average molecular weight is 180 g/mol. The summed E-state index contributed by atoms with van der Waals surface area (Å²) >= 11 is 0. The van der Waals surface area contributed by atoms with Gasteiger partial charge < -0.3 is 15.3 Å². The van der Waals surface area contributed by atoms with Crippen LogP contribution in [0.3, 0.4) is 0 Å². The molecule has 0 aliphatic heterocycles. The highest BCUT2D eigenvalue weighted by Crippen LogP contribution is 1.88. The van der Waals surface area contributed by atoms with E-state index in [9.17, 15) is 0 Å². The molecule has 0 spiro atoms. The Labute approximate surface area is 76.1 Å². The van der Waals surface area contributed by atoms with Gasteiger partial charge >= 0.3 is 0 Å². The third kappa shape index (κ3) is 93.9. The van der Waals surface area contributed by atoms with Crippen LogP contribution in [0, 0.1) is 0 Å². The van der Waals surface area contributed by atoms with Crippen LogP contribution < -0.4 is 0 Å². The van der Waals surface area contributed by atoms with E-state index >= 15 is 0 Å². The van der Waals surface area contributed by atoms with Crippen molar-refractivity contribution in [1.29, 1.82) is 0 Å². The van der Waals surface area contributed by atoms with Gasteiger partial charge in [-0.25, -0.2) is 0 Å². The molecule has 0 rings (SSSR count). The molecule has 0 unspecified atom stereocenters. The summed E-state index contributed by atoms with van der Waals surface area (Å²) in [5.41, 5.74) is 0. The lowest BCUT2D eigenvalue weighted by atomic mass is 10.3. The van der Waals surface area contributed by atoms with Crippen molar-refractivity contribution >= 4 is 0 Å². The number of aliphatic hydroxyl groups excluding tert-OH is 3. The van der Waals surface area contributed by atoms with Crippen molar-refractivity contribution < 1.29 is 15.3 Å². The maximum Gasteiger partial charge on any atom is 0.0662 e. The monoisotopic (exact) mass is 180 g/mol. The van der Waals surface area contributed by atoms with Gasteiger partial charge in [0.15, 0.2) is 0 Å². The first-order valence-corrected chi connectivity index (χ1v) is 4.57. The molecular formula is C9H24O3. The lowest BCUT2D eigenvalue weighted by molar-refractivity contribution is 0.186. The van der Waals surface area contributed by atoms with Crippen LogP contribution in [0.15, 0.2) is 0 Å². The van der Waals surface area contributed by atoms with Crippen LogP contribution in [0.2, 0.25) is 0 Å². The summed E-state index contributed by atoms with van der Waals surface area (Å²) in [6.07, 6.45) is 4.08. The molecule has 0 aromatic rings. The Bertz CT molecular complexity index is 36.8. The molecule has 0 fully saturated rings. The number of rotatable bonds is 3. The molecule has 0 amide bonds. The number of hydrogen-bond donors (Lipinski definition) is 3. The largest absolute Gasteiger partial charge is 0.397 e. The van der Waals surface area contributed by atoms with Crippen LogP contribution in [0.5, 0.6) is 0 Å². The molecule has 3 heteroatoms. The summed E-state index contributed by atoms with van der Waals surface area (Å²) < 4.78 is 0. The quantitative estimate of drug-likeness (QED) is 0.611. The fourth-order valence-electron chi connectivity index (χ4n) is 0.354. The fourth-order valence-corrected chi connectivity index (χ4v) is 0.354. The SMILES string of the molecule is CCCCC.CCO.OCCO. The van der Waals surface area contributed by atoms with Crippen LogP contribution >= 0.6 is 0 Å². The molecular weight excluding hydrogens is 156 g/mol. The van der Waals surface area contributed by atoms with Crippen LogP contribution in [0.1, 0.15) is 40.0 Å². The molecule has 0 saturated carbocycles. The van der Waals surface area contributed by atoms with Gasteiger partial charge in [-0.2, -0.15) is 0 Å². The average Bonchev–Trinajstić information content (AvgIpc) is 2.08. The zero-order valence-electron chi connectivity index (χ0n) is 8.58. The van der Waals surface area contributed by atoms with Crippen molar-refractivity contribution in [2.75, 3.05) is 19.8 Å². The van der Waals surface area contributed by atoms with Crippen LogP contribution in [-0.2, 0) is 0 Å². The first-order valence-electron chi connectivity index (χ1n) is 4.57. The van der Waals surface area contributed by atoms with Crippen molar-refractivity contribution in [2.45, 2.75) is 40.0 Å². The molecule has 3 N–H and O–H groups in total. The second-order valence-corrected chi connectivity index (χ2v) is 2.12. The first kappa shape index (κ1) is 17.8. The fraction of sp³-hybridized carbons (Fsp3) is 1.00. The molecule has 0 saturated heterocycles. The van der Waals surface area contributed by atoms with Gasteiger partial charge in [0.1, 0.15) is 0 Å². The first-order chi connectivity index (χ1) is 5.74. The van der Waals surface area contributed by atoms with E-state index in [0.29, 0.717) is 0 Å². The minimum absolute atomic E-state index is 0.125. The minimum Gasteiger partial charge on any atom is -0.397 e. The van der Waals surface area contributed by atoms with Gasteiger partial charge in [-0.3, -0.25) is 0 Å². The molecule has 0 atom stereocenters. The Morgan fingerprint density at radius 1 is 0.750 bits per heavy atom. The Hall–Kier alpha value is -0.120. The van der Waals surface area contributed by atoms with Gasteiger partial charge in [-0.05, 0) is 6.92 Å². The van der Waals surface area contributed by atoms with Gasteiger partial charge in [-0.1, -0.05) is 33.1 Å². The molecule has 0 aromatic heterocycles. The highest BCUT2D eigenvalue weighted by molar-refractivity contribution is 4.24. The molecule has 3 nitrogen and oxygen atoms in total. The number of unbranched alkanes of at least 4 members (excludes halogenated alkanes) is 2. The van der Waals surface area contributed by atoms with Gasteiger partial charge in [0.05, 0.1) is 13.2 Å². The van der Waals surface area contributed by atoms with E-state index in [-0.39, 0.29) is 19.8 Å². The topological polar surface area (TPSA) is 60.7 Å². The van der Waals surface area contributed by atoms with Crippen LogP contribution in [0.4, 0.5) is 0 Å². The summed E-state index contributed by atoms with van der Waals surface area (Å²) in [4.78, 5) is 0. The molecule has 0 heterocycles. The zero-order valence-corrected chi connectivity index (χ0v) is 8.58. The molecule has 0 aliphatic carbocycles. The predicted molar refractivity (Wildman–Crippen MR) is 52.1 cm³/mol. The Morgan fingerprint density at radius 2 is 1.00 bits per heavy atom. The zero-order chi connectivity index (χ0) is 10.2. The summed E-state index contributed by atoms with van der Waals surface area (Å²) in [7, 11) is 0. The van der Waals surface area contributed by atoms with Gasteiger partial charge in [0.2, 0.25) is 0 Å². The summed E-state index contributed by atoms with van der Waals surface area (Å²) in [5, 5.41) is 22.8. The maximum atomic E-state index is 7.62. The van der Waals surface area contributed by atoms with Gasteiger partial charge in [-0.15, -0.1) is 0 Å². The third-order valence-electron chi connectivity index (χ3n) is 0.807. The van der Waals surface area contributed by atoms with Gasteiger partial charge in [0.25, 0.3) is 0 Å². The van der Waals surface area contributed by atoms with Crippen LogP contribution in [-0.4, -0.2) is 35.1 Å². The van der Waals surface area contributed by atoms with Crippen molar-refractivity contribution in [1.82, 2.24) is 0 Å². The van der Waals surface area contributed by atoms with E-state index < -0.39 is 0 Å². The van der Waals surface area contributed by atoms with E-state index in [1.54, 1.807) is 6.92 Å². The van der Waals surface area contributed by atoms with Crippen molar-refractivity contribution in [3.05, 3.63) is 0 Å². The molecule has 0 aliphatic rings.